The molecule has 0 radical (unpaired) electrons. The Kier molecular flexibility index (Phi) is 5.61. The lowest BCUT2D eigenvalue weighted by Crippen LogP contribution is -2.46. The molecule has 2 aliphatic heterocycles. The molecule has 0 saturated carbocycles. The fourth-order valence-corrected chi connectivity index (χ4v) is 3.98. The number of rotatable bonds is 6. The van der Waals surface area contributed by atoms with Crippen molar-refractivity contribution < 1.29 is 23.4 Å². The van der Waals surface area contributed by atoms with Crippen LogP contribution >= 0.6 is 0 Å². The van der Waals surface area contributed by atoms with Crippen LogP contribution in [0.2, 0.25) is 0 Å². The summed E-state index contributed by atoms with van der Waals surface area (Å²) in [7, 11) is 1.56. The smallest absolute Gasteiger partial charge is 0.319 e. The predicted octanol–water partition coefficient (Wildman–Crippen LogP) is 2.51. The van der Waals surface area contributed by atoms with Gasteiger partial charge in [0.15, 0.2) is 5.76 Å². The molecule has 1 aromatic carbocycles. The summed E-state index contributed by atoms with van der Waals surface area (Å²) in [6.07, 6.45) is 2.76. The molecule has 0 bridgehead atoms. The molecular weight excluding hydrogens is 414 g/mol. The average molecular weight is 437 g/mol. The third-order valence-electron chi connectivity index (χ3n) is 5.47. The van der Waals surface area contributed by atoms with Crippen molar-refractivity contribution in [2.24, 2.45) is 0 Å². The molecule has 2 amide bonds. The SMILES string of the molecule is COc1ccccc1NC(=O)N[C@H]1CO[C@H]2[C@@H]1OC[C@@H]2Nc1nccc(-c2ccco2)n1. The van der Waals surface area contributed by atoms with E-state index in [-0.39, 0.29) is 30.3 Å². The zero-order chi connectivity index (χ0) is 21.9. The summed E-state index contributed by atoms with van der Waals surface area (Å²) in [6, 6.07) is 11.9. The van der Waals surface area contributed by atoms with Crippen LogP contribution in [-0.4, -0.2) is 60.6 Å². The number of hydrogen-bond donors (Lipinski definition) is 3. The van der Waals surface area contributed by atoms with E-state index in [4.69, 9.17) is 18.6 Å². The van der Waals surface area contributed by atoms with Gasteiger partial charge in [-0.05, 0) is 30.3 Å². The van der Waals surface area contributed by atoms with Gasteiger partial charge in [0.25, 0.3) is 0 Å². The summed E-state index contributed by atoms with van der Waals surface area (Å²) in [4.78, 5) is 21.3. The fraction of sp³-hybridized carbons (Fsp3) is 0.318. The van der Waals surface area contributed by atoms with Crippen molar-refractivity contribution in [3.63, 3.8) is 0 Å². The van der Waals surface area contributed by atoms with E-state index < -0.39 is 0 Å². The maximum absolute atomic E-state index is 12.5. The van der Waals surface area contributed by atoms with Gasteiger partial charge in [-0.2, -0.15) is 0 Å². The third-order valence-corrected chi connectivity index (χ3v) is 5.47. The van der Waals surface area contributed by atoms with E-state index in [1.165, 1.54) is 0 Å². The largest absolute Gasteiger partial charge is 0.495 e. The Morgan fingerprint density at radius 3 is 2.69 bits per heavy atom. The monoisotopic (exact) mass is 437 g/mol. The van der Waals surface area contributed by atoms with Crippen molar-refractivity contribution in [3.05, 3.63) is 54.9 Å². The minimum atomic E-state index is -0.349. The highest BCUT2D eigenvalue weighted by Gasteiger charge is 2.48. The molecule has 2 aromatic heterocycles. The number of urea groups is 1. The Hall–Kier alpha value is -3.63. The molecule has 2 saturated heterocycles. The predicted molar refractivity (Wildman–Crippen MR) is 116 cm³/mol. The maximum atomic E-state index is 12.5. The lowest BCUT2D eigenvalue weighted by atomic mass is 10.1. The zero-order valence-electron chi connectivity index (χ0n) is 17.4. The summed E-state index contributed by atoms with van der Waals surface area (Å²) in [5.74, 6) is 1.71. The van der Waals surface area contributed by atoms with Crippen molar-refractivity contribution in [2.75, 3.05) is 31.0 Å². The number of furan rings is 1. The average Bonchev–Trinajstić information content (AvgIpc) is 3.55. The highest BCUT2D eigenvalue weighted by molar-refractivity contribution is 5.91. The molecule has 32 heavy (non-hydrogen) atoms. The number of carbonyl (C=O) groups is 1. The summed E-state index contributed by atoms with van der Waals surface area (Å²) in [6.45, 7) is 0.760. The fourth-order valence-electron chi connectivity index (χ4n) is 3.98. The van der Waals surface area contributed by atoms with Crippen LogP contribution in [0.4, 0.5) is 16.4 Å². The zero-order valence-corrected chi connectivity index (χ0v) is 17.4. The highest BCUT2D eigenvalue weighted by Crippen LogP contribution is 2.29. The molecule has 2 fully saturated rings. The standard InChI is InChI=1S/C22H23N5O5/c1-29-17-6-3-2-5-13(17)26-22(28)27-16-12-32-19-15(11-31-20(16)19)25-21-23-9-8-14(24-21)18-7-4-10-30-18/h2-10,15-16,19-20H,11-12H2,1H3,(H,23,24,25)(H2,26,27,28)/t15-,16-,19+,20+/m0/s1. The first-order valence-corrected chi connectivity index (χ1v) is 10.3. The number of ether oxygens (including phenoxy) is 3. The summed E-state index contributed by atoms with van der Waals surface area (Å²) in [5.41, 5.74) is 1.27. The third kappa shape index (κ3) is 4.10. The second-order valence-electron chi connectivity index (χ2n) is 7.49. The molecule has 10 nitrogen and oxygen atoms in total. The molecule has 3 aromatic rings. The van der Waals surface area contributed by atoms with Gasteiger partial charge in [0.1, 0.15) is 23.7 Å². The molecule has 0 unspecified atom stereocenters. The van der Waals surface area contributed by atoms with Crippen LogP contribution in [0.1, 0.15) is 0 Å². The minimum absolute atomic E-state index is 0.143. The number of methoxy groups -OCH3 is 1. The first kappa shape index (κ1) is 20.3. The number of amides is 2. The van der Waals surface area contributed by atoms with Crippen LogP contribution in [0.5, 0.6) is 5.75 Å². The van der Waals surface area contributed by atoms with Gasteiger partial charge in [0.05, 0.1) is 44.4 Å². The number of nitrogens with one attached hydrogen (secondary N) is 3. The van der Waals surface area contributed by atoms with E-state index in [0.717, 1.165) is 0 Å². The number of hydrogen-bond acceptors (Lipinski definition) is 8. The Morgan fingerprint density at radius 1 is 1.06 bits per heavy atom. The lowest BCUT2D eigenvalue weighted by Gasteiger charge is -2.19. The van der Waals surface area contributed by atoms with Crippen molar-refractivity contribution in [2.45, 2.75) is 24.3 Å². The maximum Gasteiger partial charge on any atom is 0.319 e. The van der Waals surface area contributed by atoms with Gasteiger partial charge in [0, 0.05) is 6.20 Å². The molecule has 4 heterocycles. The molecule has 0 spiro atoms. The Balaban J connectivity index is 1.20. The molecule has 0 aliphatic carbocycles. The summed E-state index contributed by atoms with van der Waals surface area (Å²) >= 11 is 0. The Labute approximate surface area is 184 Å². The second-order valence-corrected chi connectivity index (χ2v) is 7.49. The second kappa shape index (κ2) is 8.85. The Morgan fingerprint density at radius 2 is 1.88 bits per heavy atom. The first-order valence-electron chi connectivity index (χ1n) is 10.3. The molecule has 5 rings (SSSR count). The highest BCUT2D eigenvalue weighted by atomic mass is 16.6. The normalized spacial score (nSPS) is 24.0. The van der Waals surface area contributed by atoms with Crippen molar-refractivity contribution in [1.29, 1.82) is 0 Å². The van der Waals surface area contributed by atoms with Crippen LogP contribution in [-0.2, 0) is 9.47 Å². The molecule has 10 heteroatoms. The first-order chi connectivity index (χ1) is 15.7. The van der Waals surface area contributed by atoms with Crippen molar-refractivity contribution >= 4 is 17.7 Å². The van der Waals surface area contributed by atoms with Gasteiger partial charge in [-0.25, -0.2) is 14.8 Å². The topological polar surface area (TPSA) is 120 Å². The van der Waals surface area contributed by atoms with E-state index in [2.05, 4.69) is 25.9 Å². The van der Waals surface area contributed by atoms with Crippen LogP contribution in [0.25, 0.3) is 11.5 Å². The number of aromatic nitrogens is 2. The number of benzene rings is 1. The van der Waals surface area contributed by atoms with Crippen LogP contribution in [0.3, 0.4) is 0 Å². The van der Waals surface area contributed by atoms with E-state index in [0.29, 0.717) is 42.1 Å². The summed E-state index contributed by atoms with van der Waals surface area (Å²) < 4.78 is 22.6. The number of carbonyl (C=O) groups excluding carboxylic acids is 1. The molecule has 4 atom stereocenters. The van der Waals surface area contributed by atoms with E-state index >= 15 is 0 Å². The van der Waals surface area contributed by atoms with Crippen LogP contribution in [0.15, 0.2) is 59.3 Å². The van der Waals surface area contributed by atoms with E-state index in [1.54, 1.807) is 37.8 Å². The van der Waals surface area contributed by atoms with Crippen LogP contribution < -0.4 is 20.7 Å². The number of nitrogens with zero attached hydrogens (tertiary/aromatic N) is 2. The van der Waals surface area contributed by atoms with Gasteiger partial charge in [-0.3, -0.25) is 0 Å². The molecular formula is C22H23N5O5. The van der Waals surface area contributed by atoms with Gasteiger partial charge >= 0.3 is 6.03 Å². The minimum Gasteiger partial charge on any atom is -0.495 e. The number of anilines is 2. The van der Waals surface area contributed by atoms with Gasteiger partial charge in [0.2, 0.25) is 5.95 Å². The van der Waals surface area contributed by atoms with Crippen LogP contribution in [0, 0.1) is 0 Å². The van der Waals surface area contributed by atoms with E-state index in [9.17, 15) is 4.79 Å². The van der Waals surface area contributed by atoms with Crippen molar-refractivity contribution in [3.8, 4) is 17.2 Å². The molecule has 2 aliphatic rings. The number of para-hydroxylation sites is 2. The van der Waals surface area contributed by atoms with Gasteiger partial charge in [-0.15, -0.1) is 0 Å². The summed E-state index contributed by atoms with van der Waals surface area (Å²) in [5, 5.41) is 9.03. The molecule has 166 valence electrons. The number of fused-ring (bicyclic) bond motifs is 1. The van der Waals surface area contributed by atoms with Gasteiger partial charge in [-0.1, -0.05) is 12.1 Å². The van der Waals surface area contributed by atoms with E-state index in [1.807, 2.05) is 24.3 Å². The lowest BCUT2D eigenvalue weighted by molar-refractivity contribution is 0.0683. The molecule has 3 N–H and O–H groups in total. The van der Waals surface area contributed by atoms with Crippen molar-refractivity contribution in [1.82, 2.24) is 15.3 Å². The quantitative estimate of drug-likeness (QED) is 0.538. The van der Waals surface area contributed by atoms with Gasteiger partial charge < -0.3 is 34.6 Å². The Bertz CT molecular complexity index is 1080.